The van der Waals surface area contributed by atoms with Crippen LogP contribution in [0.1, 0.15) is 29.6 Å². The Bertz CT molecular complexity index is 424. The van der Waals surface area contributed by atoms with Gasteiger partial charge < -0.3 is 5.32 Å². The maximum atomic E-state index is 11.8. The summed E-state index contributed by atoms with van der Waals surface area (Å²) in [6, 6.07) is 5.92. The zero-order valence-electron chi connectivity index (χ0n) is 9.89. The molecule has 0 aliphatic carbocycles. The zero-order valence-corrected chi connectivity index (χ0v) is 10.7. The summed E-state index contributed by atoms with van der Waals surface area (Å²) < 4.78 is 0. The normalized spacial score (nSPS) is 10.1. The van der Waals surface area contributed by atoms with Crippen LogP contribution in [0.4, 0.5) is 5.69 Å². The van der Waals surface area contributed by atoms with Gasteiger partial charge >= 0.3 is 0 Å². The number of para-hydroxylation sites is 1. The Hall–Kier alpha value is -1.62. The number of carbonyl (C=O) groups excluding carboxylic acids is 1. The number of alkyl halides is 1. The number of benzene rings is 1. The maximum absolute atomic E-state index is 11.8. The summed E-state index contributed by atoms with van der Waals surface area (Å²) in [5.41, 5.74) is -0.0735. The molecular weight excluding hydrogens is 256 g/mol. The van der Waals surface area contributed by atoms with Crippen molar-refractivity contribution in [2.24, 2.45) is 0 Å². The van der Waals surface area contributed by atoms with Gasteiger partial charge in [0.1, 0.15) is 5.56 Å². The van der Waals surface area contributed by atoms with Crippen LogP contribution < -0.4 is 5.32 Å². The number of hydrogen-bond acceptors (Lipinski definition) is 3. The summed E-state index contributed by atoms with van der Waals surface area (Å²) in [6.45, 7) is 0.502. The molecule has 18 heavy (non-hydrogen) atoms. The lowest BCUT2D eigenvalue weighted by Gasteiger charge is -2.05. The van der Waals surface area contributed by atoms with Crippen molar-refractivity contribution in [3.05, 3.63) is 39.9 Å². The first-order chi connectivity index (χ1) is 8.66. The minimum Gasteiger partial charge on any atom is -0.352 e. The average molecular weight is 271 g/mol. The number of amides is 1. The van der Waals surface area contributed by atoms with Crippen LogP contribution >= 0.6 is 11.6 Å². The summed E-state index contributed by atoms with van der Waals surface area (Å²) in [5, 5.41) is 13.4. The Morgan fingerprint density at radius 1 is 1.28 bits per heavy atom. The van der Waals surface area contributed by atoms with Crippen LogP contribution in [0.25, 0.3) is 0 Å². The number of halogens is 1. The molecule has 0 fully saturated rings. The van der Waals surface area contributed by atoms with Gasteiger partial charge in [0.2, 0.25) is 0 Å². The van der Waals surface area contributed by atoms with Gasteiger partial charge in [0.25, 0.3) is 11.6 Å². The molecule has 0 atom stereocenters. The third-order valence-electron chi connectivity index (χ3n) is 2.44. The lowest BCUT2D eigenvalue weighted by molar-refractivity contribution is -0.385. The minimum atomic E-state index is -0.553. The van der Waals surface area contributed by atoms with Crippen molar-refractivity contribution < 1.29 is 9.72 Å². The molecule has 0 unspecified atom stereocenters. The van der Waals surface area contributed by atoms with E-state index in [0.717, 1.165) is 19.3 Å². The molecule has 0 saturated carbocycles. The highest BCUT2D eigenvalue weighted by atomic mass is 35.5. The second-order valence-electron chi connectivity index (χ2n) is 3.78. The van der Waals surface area contributed by atoms with Crippen molar-refractivity contribution in [3.63, 3.8) is 0 Å². The Kier molecular flexibility index (Phi) is 6.14. The Balaban J connectivity index is 2.54. The Morgan fingerprint density at radius 3 is 2.67 bits per heavy atom. The number of rotatable bonds is 7. The van der Waals surface area contributed by atoms with E-state index in [1.807, 2.05) is 0 Å². The molecule has 1 N–H and O–H groups in total. The van der Waals surface area contributed by atoms with Gasteiger partial charge in [-0.15, -0.1) is 11.6 Å². The van der Waals surface area contributed by atoms with E-state index in [9.17, 15) is 14.9 Å². The number of carbonyl (C=O) groups is 1. The van der Waals surface area contributed by atoms with Gasteiger partial charge in [-0.3, -0.25) is 14.9 Å². The quantitative estimate of drug-likeness (QED) is 0.358. The largest absolute Gasteiger partial charge is 0.352 e. The molecule has 0 aliphatic rings. The van der Waals surface area contributed by atoms with Crippen molar-refractivity contribution in [1.29, 1.82) is 0 Å². The SMILES string of the molecule is O=C(NCCCCCCl)c1ccccc1[N+](=O)[O-]. The smallest absolute Gasteiger partial charge is 0.282 e. The first-order valence-corrected chi connectivity index (χ1v) is 6.28. The van der Waals surface area contributed by atoms with Crippen LogP contribution in [0, 0.1) is 10.1 Å². The molecule has 0 radical (unpaired) electrons. The number of hydrogen-bond donors (Lipinski definition) is 1. The third kappa shape index (κ3) is 4.33. The fraction of sp³-hybridized carbons (Fsp3) is 0.417. The van der Waals surface area contributed by atoms with Crippen LogP contribution in [-0.4, -0.2) is 23.3 Å². The highest BCUT2D eigenvalue weighted by Crippen LogP contribution is 2.17. The molecule has 5 nitrogen and oxygen atoms in total. The molecule has 1 rings (SSSR count). The number of nitro benzene ring substituents is 1. The third-order valence-corrected chi connectivity index (χ3v) is 2.71. The van der Waals surface area contributed by atoms with Crippen LogP contribution in [0.2, 0.25) is 0 Å². The fourth-order valence-electron chi connectivity index (χ4n) is 1.52. The Morgan fingerprint density at radius 2 is 2.00 bits per heavy atom. The molecule has 1 amide bonds. The molecule has 6 heteroatoms. The van der Waals surface area contributed by atoms with Crippen molar-refractivity contribution in [3.8, 4) is 0 Å². The molecule has 0 aromatic heterocycles. The maximum Gasteiger partial charge on any atom is 0.282 e. The van der Waals surface area contributed by atoms with Crippen LogP contribution in [0.15, 0.2) is 24.3 Å². The Labute approximate surface area is 110 Å². The highest BCUT2D eigenvalue weighted by Gasteiger charge is 2.18. The second-order valence-corrected chi connectivity index (χ2v) is 4.16. The molecule has 0 aliphatic heterocycles. The van der Waals surface area contributed by atoms with E-state index in [-0.39, 0.29) is 11.3 Å². The van der Waals surface area contributed by atoms with Crippen LogP contribution in [-0.2, 0) is 0 Å². The minimum absolute atomic E-state index is 0.0971. The summed E-state index contributed by atoms with van der Waals surface area (Å²) in [4.78, 5) is 22.0. The first-order valence-electron chi connectivity index (χ1n) is 5.74. The lowest BCUT2D eigenvalue weighted by atomic mass is 10.1. The fourth-order valence-corrected chi connectivity index (χ4v) is 1.71. The molecule has 98 valence electrons. The van der Waals surface area contributed by atoms with Crippen molar-refractivity contribution >= 4 is 23.2 Å². The molecule has 0 spiro atoms. The van der Waals surface area contributed by atoms with E-state index in [2.05, 4.69) is 5.32 Å². The number of nitro groups is 1. The van der Waals surface area contributed by atoms with Gasteiger partial charge in [-0.05, 0) is 18.9 Å². The van der Waals surface area contributed by atoms with Gasteiger partial charge in [0, 0.05) is 18.5 Å². The van der Waals surface area contributed by atoms with E-state index < -0.39 is 10.8 Å². The van der Waals surface area contributed by atoms with Gasteiger partial charge in [-0.2, -0.15) is 0 Å². The zero-order chi connectivity index (χ0) is 13.4. The van der Waals surface area contributed by atoms with Gasteiger partial charge in [-0.25, -0.2) is 0 Å². The van der Waals surface area contributed by atoms with Crippen LogP contribution in [0.3, 0.4) is 0 Å². The first kappa shape index (κ1) is 14.4. The standard InChI is InChI=1S/C12H15ClN2O3/c13-8-4-1-5-9-14-12(16)10-6-2-3-7-11(10)15(17)18/h2-3,6-7H,1,4-5,8-9H2,(H,14,16). The number of unbranched alkanes of at least 4 members (excludes halogenated alkanes) is 2. The summed E-state index contributed by atoms with van der Waals surface area (Å²) >= 11 is 5.53. The molecule has 0 heterocycles. The topological polar surface area (TPSA) is 72.2 Å². The van der Waals surface area contributed by atoms with Crippen molar-refractivity contribution in [2.75, 3.05) is 12.4 Å². The molecule has 1 aromatic rings. The number of nitrogens with one attached hydrogen (secondary N) is 1. The van der Waals surface area contributed by atoms with E-state index in [0.29, 0.717) is 12.4 Å². The highest BCUT2D eigenvalue weighted by molar-refractivity contribution is 6.17. The van der Waals surface area contributed by atoms with E-state index in [1.165, 1.54) is 18.2 Å². The average Bonchev–Trinajstić information content (AvgIpc) is 2.38. The molecule has 0 bridgehead atoms. The summed E-state index contributed by atoms with van der Waals surface area (Å²) in [7, 11) is 0. The molecule has 0 saturated heterocycles. The molecular formula is C12H15ClN2O3. The van der Waals surface area contributed by atoms with E-state index >= 15 is 0 Å². The van der Waals surface area contributed by atoms with Gasteiger partial charge in [0.15, 0.2) is 0 Å². The number of nitrogens with zero attached hydrogens (tertiary/aromatic N) is 1. The van der Waals surface area contributed by atoms with Crippen molar-refractivity contribution in [1.82, 2.24) is 5.32 Å². The van der Waals surface area contributed by atoms with Gasteiger partial charge in [0.05, 0.1) is 4.92 Å². The second kappa shape index (κ2) is 7.66. The predicted molar refractivity (Wildman–Crippen MR) is 70.0 cm³/mol. The van der Waals surface area contributed by atoms with Crippen LogP contribution in [0.5, 0.6) is 0 Å². The van der Waals surface area contributed by atoms with Crippen molar-refractivity contribution in [2.45, 2.75) is 19.3 Å². The van der Waals surface area contributed by atoms with E-state index in [4.69, 9.17) is 11.6 Å². The summed E-state index contributed by atoms with van der Waals surface area (Å²) in [6.07, 6.45) is 2.66. The predicted octanol–water partition coefficient (Wildman–Crippen LogP) is 2.73. The lowest BCUT2D eigenvalue weighted by Crippen LogP contribution is -2.25. The monoisotopic (exact) mass is 270 g/mol. The molecule has 1 aromatic carbocycles. The van der Waals surface area contributed by atoms with E-state index in [1.54, 1.807) is 6.07 Å². The van der Waals surface area contributed by atoms with Gasteiger partial charge in [-0.1, -0.05) is 18.6 Å². The summed E-state index contributed by atoms with van der Waals surface area (Å²) in [5.74, 6) is 0.200.